The van der Waals surface area contributed by atoms with E-state index in [0.717, 1.165) is 24.0 Å². The van der Waals surface area contributed by atoms with Gasteiger partial charge in [-0.15, -0.1) is 0 Å². The molecule has 0 radical (unpaired) electrons. The van der Waals surface area contributed by atoms with Crippen molar-refractivity contribution in [2.24, 2.45) is 0 Å². The second kappa shape index (κ2) is 4.20. The summed E-state index contributed by atoms with van der Waals surface area (Å²) in [6.07, 6.45) is 2.02. The van der Waals surface area contributed by atoms with Crippen LogP contribution in [0.3, 0.4) is 0 Å². The highest BCUT2D eigenvalue weighted by Crippen LogP contribution is 2.47. The van der Waals surface area contributed by atoms with Crippen LogP contribution in [0.5, 0.6) is 0 Å². The normalized spacial score (nSPS) is 16.3. The van der Waals surface area contributed by atoms with Gasteiger partial charge in [-0.25, -0.2) is 4.79 Å². The Bertz CT molecular complexity index is 611. The van der Waals surface area contributed by atoms with E-state index in [1.807, 2.05) is 24.3 Å². The van der Waals surface area contributed by atoms with E-state index in [1.54, 1.807) is 0 Å². The summed E-state index contributed by atoms with van der Waals surface area (Å²) < 4.78 is 4.72. The van der Waals surface area contributed by atoms with Gasteiger partial charge in [-0.1, -0.05) is 29.4 Å². The fourth-order valence-corrected chi connectivity index (χ4v) is 2.20. The molecule has 1 aromatic heterocycles. The Balaban J connectivity index is 1.87. The van der Waals surface area contributed by atoms with Crippen molar-refractivity contribution in [1.29, 1.82) is 0 Å². The SMILES string of the molecule is O=C(O)c1cc(-c2ccc(C3(CO)CC3)cc2)no1. The molecule has 2 aromatic rings. The largest absolute Gasteiger partial charge is 0.475 e. The number of hydrogen-bond acceptors (Lipinski definition) is 4. The Kier molecular flexibility index (Phi) is 2.64. The number of aliphatic hydroxyl groups excluding tert-OH is 1. The van der Waals surface area contributed by atoms with Gasteiger partial charge in [0.25, 0.3) is 0 Å². The van der Waals surface area contributed by atoms with E-state index in [1.165, 1.54) is 6.07 Å². The van der Waals surface area contributed by atoms with Crippen LogP contribution in [-0.4, -0.2) is 27.9 Å². The number of aromatic carboxylic acids is 1. The molecule has 0 spiro atoms. The van der Waals surface area contributed by atoms with Crippen LogP contribution in [0.4, 0.5) is 0 Å². The van der Waals surface area contributed by atoms with E-state index in [9.17, 15) is 9.90 Å². The number of rotatable bonds is 4. The molecule has 3 rings (SSSR count). The number of hydrogen-bond donors (Lipinski definition) is 2. The lowest BCUT2D eigenvalue weighted by molar-refractivity contribution is 0.0652. The van der Waals surface area contributed by atoms with Crippen molar-refractivity contribution >= 4 is 5.97 Å². The van der Waals surface area contributed by atoms with Gasteiger partial charge in [0, 0.05) is 17.0 Å². The number of carboxylic acid groups (broad SMARTS) is 1. The average Bonchev–Trinajstić information content (AvgIpc) is 3.07. The van der Waals surface area contributed by atoms with Gasteiger partial charge in [0.2, 0.25) is 5.76 Å². The van der Waals surface area contributed by atoms with Gasteiger partial charge in [0.15, 0.2) is 0 Å². The number of aliphatic hydroxyl groups is 1. The fraction of sp³-hybridized carbons (Fsp3) is 0.286. The van der Waals surface area contributed by atoms with Crippen LogP contribution in [0.15, 0.2) is 34.9 Å². The van der Waals surface area contributed by atoms with E-state index >= 15 is 0 Å². The fourth-order valence-electron chi connectivity index (χ4n) is 2.20. The zero-order valence-corrected chi connectivity index (χ0v) is 10.2. The Labute approximate surface area is 109 Å². The molecule has 0 atom stereocenters. The predicted molar refractivity (Wildman–Crippen MR) is 66.9 cm³/mol. The maximum atomic E-state index is 10.7. The molecular weight excluding hydrogens is 246 g/mol. The zero-order valence-electron chi connectivity index (χ0n) is 10.2. The monoisotopic (exact) mass is 259 g/mol. The first-order valence-corrected chi connectivity index (χ1v) is 6.06. The molecule has 5 nitrogen and oxygen atoms in total. The minimum absolute atomic E-state index is 0.0609. The third-order valence-corrected chi connectivity index (χ3v) is 3.67. The Hall–Kier alpha value is -2.14. The standard InChI is InChI=1S/C14H13NO4/c16-8-14(5-6-14)10-3-1-9(2-4-10)11-7-12(13(17)18)19-15-11/h1-4,7,16H,5-6,8H2,(H,17,18). The summed E-state index contributed by atoms with van der Waals surface area (Å²) in [5, 5.41) is 21.9. The highest BCUT2D eigenvalue weighted by Gasteiger charge is 2.43. The van der Waals surface area contributed by atoms with Crippen LogP contribution < -0.4 is 0 Å². The van der Waals surface area contributed by atoms with Crippen LogP contribution in [-0.2, 0) is 5.41 Å². The van der Waals surface area contributed by atoms with Crippen molar-refractivity contribution in [3.8, 4) is 11.3 Å². The van der Waals surface area contributed by atoms with Gasteiger partial charge < -0.3 is 14.7 Å². The summed E-state index contributed by atoms with van der Waals surface area (Å²) >= 11 is 0. The van der Waals surface area contributed by atoms with Crippen molar-refractivity contribution in [2.75, 3.05) is 6.61 Å². The van der Waals surface area contributed by atoms with Crippen LogP contribution in [0, 0.1) is 0 Å². The van der Waals surface area contributed by atoms with Crippen molar-refractivity contribution in [2.45, 2.75) is 18.3 Å². The van der Waals surface area contributed by atoms with E-state index in [-0.39, 0.29) is 17.8 Å². The average molecular weight is 259 g/mol. The van der Waals surface area contributed by atoms with Crippen LogP contribution in [0.25, 0.3) is 11.3 Å². The molecule has 0 unspecified atom stereocenters. The van der Waals surface area contributed by atoms with Crippen LogP contribution >= 0.6 is 0 Å². The quantitative estimate of drug-likeness (QED) is 0.878. The van der Waals surface area contributed by atoms with Crippen molar-refractivity contribution in [3.05, 3.63) is 41.7 Å². The maximum absolute atomic E-state index is 10.7. The first-order valence-electron chi connectivity index (χ1n) is 6.06. The van der Waals surface area contributed by atoms with Crippen molar-refractivity contribution in [1.82, 2.24) is 5.16 Å². The van der Waals surface area contributed by atoms with E-state index in [0.29, 0.717) is 5.69 Å². The molecule has 0 amide bonds. The van der Waals surface area contributed by atoms with E-state index < -0.39 is 5.97 Å². The highest BCUT2D eigenvalue weighted by atomic mass is 16.5. The third-order valence-electron chi connectivity index (χ3n) is 3.67. The molecule has 1 aromatic carbocycles. The van der Waals surface area contributed by atoms with Gasteiger partial charge in [-0.2, -0.15) is 0 Å². The number of aromatic nitrogens is 1. The lowest BCUT2D eigenvalue weighted by Gasteiger charge is -2.11. The highest BCUT2D eigenvalue weighted by molar-refractivity contribution is 5.85. The summed E-state index contributed by atoms with van der Waals surface area (Å²) in [6.45, 7) is 0.166. The van der Waals surface area contributed by atoms with Gasteiger partial charge in [0.1, 0.15) is 5.69 Å². The molecule has 1 aliphatic carbocycles. The second-order valence-electron chi connectivity index (χ2n) is 4.90. The Morgan fingerprint density at radius 3 is 2.47 bits per heavy atom. The Morgan fingerprint density at radius 1 is 1.32 bits per heavy atom. The number of carboxylic acids is 1. The summed E-state index contributed by atoms with van der Waals surface area (Å²) in [5.41, 5.74) is 2.35. The molecule has 0 bridgehead atoms. The van der Waals surface area contributed by atoms with Crippen LogP contribution in [0.1, 0.15) is 29.0 Å². The molecule has 0 saturated heterocycles. The predicted octanol–water partition coefficient (Wildman–Crippen LogP) is 2.06. The summed E-state index contributed by atoms with van der Waals surface area (Å²) in [7, 11) is 0. The Morgan fingerprint density at radius 2 is 2.00 bits per heavy atom. The maximum Gasteiger partial charge on any atom is 0.374 e. The van der Waals surface area contributed by atoms with Crippen molar-refractivity contribution in [3.63, 3.8) is 0 Å². The number of nitrogens with zero attached hydrogens (tertiary/aromatic N) is 1. The molecule has 0 aliphatic heterocycles. The summed E-state index contributed by atoms with van der Waals surface area (Å²) in [4.78, 5) is 10.7. The second-order valence-corrected chi connectivity index (χ2v) is 4.90. The third kappa shape index (κ3) is 2.02. The molecule has 1 aliphatic rings. The van der Waals surface area contributed by atoms with Gasteiger partial charge in [0.05, 0.1) is 6.61 Å². The topological polar surface area (TPSA) is 83.6 Å². The molecule has 1 fully saturated rings. The lowest BCUT2D eigenvalue weighted by atomic mass is 9.95. The minimum Gasteiger partial charge on any atom is -0.475 e. The zero-order chi connectivity index (χ0) is 13.5. The molecule has 2 N–H and O–H groups in total. The van der Waals surface area contributed by atoms with Crippen LogP contribution in [0.2, 0.25) is 0 Å². The summed E-state index contributed by atoms with van der Waals surface area (Å²) in [5.74, 6) is -1.30. The molecule has 1 saturated carbocycles. The molecule has 19 heavy (non-hydrogen) atoms. The minimum atomic E-state index is -1.13. The molecule has 1 heterocycles. The molecule has 5 heteroatoms. The molecular formula is C14H13NO4. The van der Waals surface area contributed by atoms with Gasteiger partial charge >= 0.3 is 5.97 Å². The van der Waals surface area contributed by atoms with Gasteiger partial charge in [-0.3, -0.25) is 0 Å². The van der Waals surface area contributed by atoms with E-state index in [4.69, 9.17) is 9.63 Å². The number of benzene rings is 1. The smallest absolute Gasteiger partial charge is 0.374 e. The van der Waals surface area contributed by atoms with E-state index in [2.05, 4.69) is 5.16 Å². The lowest BCUT2D eigenvalue weighted by Crippen LogP contribution is -2.11. The molecule has 98 valence electrons. The van der Waals surface area contributed by atoms with Gasteiger partial charge in [-0.05, 0) is 18.4 Å². The number of carbonyl (C=O) groups is 1. The van der Waals surface area contributed by atoms with Crippen molar-refractivity contribution < 1.29 is 19.5 Å². The first kappa shape index (κ1) is 11.9. The first-order chi connectivity index (χ1) is 9.14. The summed E-state index contributed by atoms with van der Waals surface area (Å²) in [6, 6.07) is 9.04.